The molecule has 0 aromatic heterocycles. The van der Waals surface area contributed by atoms with Crippen LogP contribution in [0.4, 0.5) is 0 Å². The van der Waals surface area contributed by atoms with Gasteiger partial charge >= 0.3 is 5.97 Å². The summed E-state index contributed by atoms with van der Waals surface area (Å²) >= 11 is 5.86. The number of rotatable bonds is 5. The summed E-state index contributed by atoms with van der Waals surface area (Å²) in [6, 6.07) is 19.8. The van der Waals surface area contributed by atoms with Gasteiger partial charge in [-0.25, -0.2) is 0 Å². The lowest BCUT2D eigenvalue weighted by Crippen LogP contribution is -2.11. The third-order valence-electron chi connectivity index (χ3n) is 5.04. The van der Waals surface area contributed by atoms with Crippen molar-refractivity contribution in [1.29, 1.82) is 0 Å². The molecule has 3 aromatic rings. The van der Waals surface area contributed by atoms with Gasteiger partial charge in [-0.3, -0.25) is 9.59 Å². The van der Waals surface area contributed by atoms with Crippen LogP contribution in [0.2, 0.25) is 5.02 Å². The molecule has 0 atom stereocenters. The van der Waals surface area contributed by atoms with Gasteiger partial charge in [0.25, 0.3) is 0 Å². The number of Topliss-reactive ketones (excluding diaryl/α,β-unsaturated/α-hetero) is 1. The highest BCUT2D eigenvalue weighted by molar-refractivity contribution is 6.30. The quantitative estimate of drug-likeness (QED) is 0.272. The van der Waals surface area contributed by atoms with Crippen LogP contribution in [0, 0.1) is 0 Å². The molecular formula is C26H21ClO4. The highest BCUT2D eigenvalue weighted by atomic mass is 35.5. The standard InChI is InChI=1S/C26H21ClO4/c1-16(2)19-7-3-17(4-8-19)13-24-26(29)22-12-11-21(15-23(22)31-24)30-25(28)14-18-5-9-20(27)10-6-18/h3-13,15-16H,14H2,1-2H3/b24-13-. The second-order valence-electron chi connectivity index (χ2n) is 7.70. The van der Waals surface area contributed by atoms with Gasteiger partial charge in [0.15, 0.2) is 5.76 Å². The van der Waals surface area contributed by atoms with E-state index in [9.17, 15) is 9.59 Å². The molecule has 0 fully saturated rings. The summed E-state index contributed by atoms with van der Waals surface area (Å²) in [5.74, 6) is 0.794. The molecule has 0 radical (unpaired) electrons. The Morgan fingerprint density at radius 3 is 2.42 bits per heavy atom. The minimum atomic E-state index is -0.410. The van der Waals surface area contributed by atoms with Gasteiger partial charge in [-0.15, -0.1) is 0 Å². The molecule has 0 bridgehead atoms. The zero-order valence-electron chi connectivity index (χ0n) is 17.2. The first-order chi connectivity index (χ1) is 14.9. The predicted octanol–water partition coefficient (Wildman–Crippen LogP) is 6.23. The molecule has 0 unspecified atom stereocenters. The number of fused-ring (bicyclic) bond motifs is 1. The maximum Gasteiger partial charge on any atom is 0.315 e. The average Bonchev–Trinajstić information content (AvgIpc) is 3.05. The second-order valence-corrected chi connectivity index (χ2v) is 8.13. The first-order valence-corrected chi connectivity index (χ1v) is 10.4. The number of carbonyl (C=O) groups excluding carboxylic acids is 2. The molecule has 1 aliphatic heterocycles. The van der Waals surface area contributed by atoms with Gasteiger partial charge in [0, 0.05) is 11.1 Å². The van der Waals surface area contributed by atoms with E-state index in [1.54, 1.807) is 48.5 Å². The summed E-state index contributed by atoms with van der Waals surface area (Å²) in [5, 5.41) is 0.609. The van der Waals surface area contributed by atoms with Crippen molar-refractivity contribution < 1.29 is 19.1 Å². The summed E-state index contributed by atoms with van der Waals surface area (Å²) in [6.45, 7) is 4.27. The van der Waals surface area contributed by atoms with Crippen LogP contribution < -0.4 is 9.47 Å². The number of allylic oxidation sites excluding steroid dienone is 1. The molecule has 0 N–H and O–H groups in total. The number of ketones is 1. The van der Waals surface area contributed by atoms with Gasteiger partial charge < -0.3 is 9.47 Å². The van der Waals surface area contributed by atoms with E-state index in [0.29, 0.717) is 28.0 Å². The molecule has 156 valence electrons. The molecule has 1 aliphatic rings. The number of hydrogen-bond acceptors (Lipinski definition) is 4. The zero-order valence-corrected chi connectivity index (χ0v) is 18.0. The lowest BCUT2D eigenvalue weighted by molar-refractivity contribution is -0.133. The maximum absolute atomic E-state index is 12.7. The van der Waals surface area contributed by atoms with E-state index in [-0.39, 0.29) is 18.0 Å². The minimum absolute atomic E-state index is 0.117. The van der Waals surface area contributed by atoms with Crippen molar-refractivity contribution in [3.05, 3.63) is 99.8 Å². The largest absolute Gasteiger partial charge is 0.452 e. The van der Waals surface area contributed by atoms with E-state index < -0.39 is 5.97 Å². The molecule has 4 nitrogen and oxygen atoms in total. The predicted molar refractivity (Wildman–Crippen MR) is 121 cm³/mol. The summed E-state index contributed by atoms with van der Waals surface area (Å²) in [5.41, 5.74) is 3.36. The molecule has 0 spiro atoms. The number of ether oxygens (including phenoxy) is 2. The topological polar surface area (TPSA) is 52.6 Å². The Bertz CT molecular complexity index is 1160. The molecule has 3 aromatic carbocycles. The summed E-state index contributed by atoms with van der Waals surface area (Å²) in [4.78, 5) is 24.9. The Morgan fingerprint density at radius 1 is 1.03 bits per heavy atom. The Kier molecular flexibility index (Phi) is 5.92. The van der Waals surface area contributed by atoms with Gasteiger partial charge in [0.05, 0.1) is 12.0 Å². The van der Waals surface area contributed by atoms with E-state index in [0.717, 1.165) is 11.1 Å². The van der Waals surface area contributed by atoms with Crippen LogP contribution in [0.25, 0.3) is 6.08 Å². The number of hydrogen-bond donors (Lipinski definition) is 0. The van der Waals surface area contributed by atoms with E-state index in [4.69, 9.17) is 21.1 Å². The molecule has 4 rings (SSSR count). The molecule has 0 amide bonds. The van der Waals surface area contributed by atoms with Crippen molar-refractivity contribution in [2.24, 2.45) is 0 Å². The van der Waals surface area contributed by atoms with Crippen LogP contribution in [0.3, 0.4) is 0 Å². The normalized spacial score (nSPS) is 13.9. The number of halogens is 1. The minimum Gasteiger partial charge on any atom is -0.452 e. The van der Waals surface area contributed by atoms with Crippen LogP contribution in [0.5, 0.6) is 11.5 Å². The van der Waals surface area contributed by atoms with Gasteiger partial charge in [-0.05, 0) is 52.9 Å². The lowest BCUT2D eigenvalue weighted by Gasteiger charge is -2.06. The molecule has 5 heteroatoms. The Morgan fingerprint density at radius 2 is 1.74 bits per heavy atom. The molecule has 31 heavy (non-hydrogen) atoms. The third kappa shape index (κ3) is 4.86. The smallest absolute Gasteiger partial charge is 0.315 e. The van der Waals surface area contributed by atoms with Crippen molar-refractivity contribution in [3.63, 3.8) is 0 Å². The van der Waals surface area contributed by atoms with Gasteiger partial charge in [-0.2, -0.15) is 0 Å². The van der Waals surface area contributed by atoms with E-state index in [1.807, 2.05) is 24.3 Å². The average molecular weight is 433 g/mol. The van der Waals surface area contributed by atoms with E-state index in [2.05, 4.69) is 13.8 Å². The highest BCUT2D eigenvalue weighted by Gasteiger charge is 2.28. The van der Waals surface area contributed by atoms with Gasteiger partial charge in [0.1, 0.15) is 11.5 Å². The Labute approximate surface area is 186 Å². The van der Waals surface area contributed by atoms with Crippen molar-refractivity contribution >= 4 is 29.4 Å². The molecule has 1 heterocycles. The summed E-state index contributed by atoms with van der Waals surface area (Å²) < 4.78 is 11.2. The van der Waals surface area contributed by atoms with E-state index in [1.165, 1.54) is 5.56 Å². The van der Waals surface area contributed by atoms with Crippen LogP contribution in [0.1, 0.15) is 46.8 Å². The summed E-state index contributed by atoms with van der Waals surface area (Å²) in [7, 11) is 0. The fraction of sp³-hybridized carbons (Fsp3) is 0.154. The first-order valence-electron chi connectivity index (χ1n) is 10.0. The van der Waals surface area contributed by atoms with Crippen molar-refractivity contribution in [2.75, 3.05) is 0 Å². The van der Waals surface area contributed by atoms with Gasteiger partial charge in [0.2, 0.25) is 5.78 Å². The van der Waals surface area contributed by atoms with Crippen LogP contribution in [-0.4, -0.2) is 11.8 Å². The van der Waals surface area contributed by atoms with Crippen molar-refractivity contribution in [2.45, 2.75) is 26.2 Å². The number of carbonyl (C=O) groups is 2. The number of esters is 1. The zero-order chi connectivity index (χ0) is 22.0. The summed E-state index contributed by atoms with van der Waals surface area (Å²) in [6.07, 6.45) is 1.84. The van der Waals surface area contributed by atoms with Crippen molar-refractivity contribution in [1.82, 2.24) is 0 Å². The van der Waals surface area contributed by atoms with Crippen LogP contribution in [-0.2, 0) is 11.2 Å². The fourth-order valence-corrected chi connectivity index (χ4v) is 3.42. The Hall–Kier alpha value is -3.37. The highest BCUT2D eigenvalue weighted by Crippen LogP contribution is 2.35. The first kappa shape index (κ1) is 20.9. The monoisotopic (exact) mass is 432 g/mol. The molecule has 0 aliphatic carbocycles. The van der Waals surface area contributed by atoms with Crippen molar-refractivity contribution in [3.8, 4) is 11.5 Å². The number of benzene rings is 3. The SMILES string of the molecule is CC(C)c1ccc(/C=C2\Oc3cc(OC(=O)Cc4ccc(Cl)cc4)ccc3C2=O)cc1. The third-order valence-corrected chi connectivity index (χ3v) is 5.29. The van der Waals surface area contributed by atoms with E-state index >= 15 is 0 Å². The molecular weight excluding hydrogens is 412 g/mol. The lowest BCUT2D eigenvalue weighted by atomic mass is 10.0. The maximum atomic E-state index is 12.7. The molecule has 0 saturated carbocycles. The van der Waals surface area contributed by atoms with Gasteiger partial charge in [-0.1, -0.05) is 61.8 Å². The van der Waals surface area contributed by atoms with Crippen LogP contribution in [0.15, 0.2) is 72.5 Å². The fourth-order valence-electron chi connectivity index (χ4n) is 3.30. The second kappa shape index (κ2) is 8.78. The Balaban J connectivity index is 1.46. The van der Waals surface area contributed by atoms with Crippen LogP contribution >= 0.6 is 11.6 Å². The molecule has 0 saturated heterocycles.